The van der Waals surface area contributed by atoms with Crippen LogP contribution < -0.4 is 13.0 Å². The fourth-order valence-corrected chi connectivity index (χ4v) is 9.79. The average molecular weight is 865 g/mol. The van der Waals surface area contributed by atoms with E-state index in [9.17, 15) is 31.8 Å². The van der Waals surface area contributed by atoms with Crippen LogP contribution in [0.4, 0.5) is 13.2 Å². The Morgan fingerprint density at radius 1 is 0.759 bits per heavy atom. The van der Waals surface area contributed by atoms with Gasteiger partial charge in [0, 0.05) is 35.1 Å². The van der Waals surface area contributed by atoms with E-state index in [4.69, 9.17) is 8.85 Å². The molecular weight excluding hydrogens is 798 g/mol. The van der Waals surface area contributed by atoms with Crippen molar-refractivity contribution in [2.75, 3.05) is 0 Å². The number of hydrogen-bond acceptors (Lipinski definition) is 7. The van der Waals surface area contributed by atoms with Crippen LogP contribution in [0.15, 0.2) is 71.9 Å². The Hall–Kier alpha value is -3.43. The van der Waals surface area contributed by atoms with E-state index in [2.05, 4.69) is 43.3 Å². The summed E-state index contributed by atoms with van der Waals surface area (Å²) in [5.41, 5.74) is 1.42. The number of unbranched alkanes of at least 4 members (excludes halogenated alkanes) is 3. The van der Waals surface area contributed by atoms with Crippen LogP contribution in [0.1, 0.15) is 115 Å². The molecule has 58 heavy (non-hydrogen) atoms. The summed E-state index contributed by atoms with van der Waals surface area (Å²) in [5, 5.41) is 21.2. The van der Waals surface area contributed by atoms with E-state index in [1.165, 1.54) is 42.5 Å². The van der Waals surface area contributed by atoms with Gasteiger partial charge in [-0.25, -0.2) is 0 Å². The molecule has 0 heterocycles. The molecule has 4 atom stereocenters. The lowest BCUT2D eigenvalue weighted by molar-refractivity contribution is -0.0500. The first kappa shape index (κ1) is 48.9. The molecule has 0 bridgehead atoms. The summed E-state index contributed by atoms with van der Waals surface area (Å²) in [5.74, 6) is 0.705. The molecule has 0 unspecified atom stereocenters. The molecule has 2 aromatic carbocycles. The molecule has 0 aromatic heterocycles. The maximum absolute atomic E-state index is 13.0. The quantitative estimate of drug-likeness (QED) is 0.0604. The molecule has 0 aliphatic heterocycles. The molecule has 0 saturated carbocycles. The van der Waals surface area contributed by atoms with Crippen LogP contribution >= 0.6 is 0 Å². The minimum Gasteiger partial charge on any atom is -0.544 e. The number of alkyl halides is 3. The third-order valence-corrected chi connectivity index (χ3v) is 13.0. The van der Waals surface area contributed by atoms with Crippen molar-refractivity contribution in [3.8, 4) is 28.7 Å². The molecule has 0 fully saturated rings. The number of allylic oxidation sites excluding steroid dienone is 6. The van der Waals surface area contributed by atoms with Gasteiger partial charge < -0.3 is 23.2 Å². The van der Waals surface area contributed by atoms with Crippen LogP contribution in [0.25, 0.3) is 0 Å². The number of phenolic OH excluding ortho intramolecular Hbond substituents is 2. The highest BCUT2D eigenvalue weighted by Gasteiger charge is 2.49. The second kappa shape index (κ2) is 19.8. The van der Waals surface area contributed by atoms with Gasteiger partial charge in [-0.2, -0.15) is 21.6 Å². The first-order valence-corrected chi connectivity index (χ1v) is 28.6. The molecule has 0 amide bonds. The number of phenols is 2. The van der Waals surface area contributed by atoms with Gasteiger partial charge in [0.1, 0.15) is 28.7 Å². The number of rotatable bonds is 15. The summed E-state index contributed by atoms with van der Waals surface area (Å²) in [7, 11) is -10.4. The fourth-order valence-electron chi connectivity index (χ4n) is 7.69. The van der Waals surface area contributed by atoms with Crippen molar-refractivity contribution < 1.29 is 44.8 Å². The van der Waals surface area contributed by atoms with E-state index >= 15 is 0 Å². The monoisotopic (exact) mass is 864 g/mol. The molecule has 2 N–H and O–H groups in total. The number of hydrogen-bond donors (Lipinski definition) is 2. The van der Waals surface area contributed by atoms with Gasteiger partial charge in [0.15, 0.2) is 0 Å². The fraction of sp³-hybridized carbons (Fsp3) is 0.556. The van der Waals surface area contributed by atoms with Gasteiger partial charge in [0.2, 0.25) is 16.6 Å². The van der Waals surface area contributed by atoms with Crippen molar-refractivity contribution in [2.45, 2.75) is 149 Å². The zero-order valence-corrected chi connectivity index (χ0v) is 39.3. The van der Waals surface area contributed by atoms with Gasteiger partial charge >= 0.3 is 15.6 Å². The minimum absolute atomic E-state index is 0.0189. The van der Waals surface area contributed by atoms with E-state index in [1.807, 2.05) is 72.2 Å². The van der Waals surface area contributed by atoms with E-state index in [-0.39, 0.29) is 46.7 Å². The third kappa shape index (κ3) is 13.8. The van der Waals surface area contributed by atoms with Gasteiger partial charge in [0.05, 0.1) is 0 Å². The van der Waals surface area contributed by atoms with Crippen LogP contribution in [0, 0.1) is 11.8 Å². The first-order valence-electron chi connectivity index (χ1n) is 20.4. The van der Waals surface area contributed by atoms with Crippen LogP contribution in [0.3, 0.4) is 0 Å². The Balaban J connectivity index is 0.000000329. The van der Waals surface area contributed by atoms with E-state index in [0.717, 1.165) is 55.2 Å². The number of aryl methyl sites for hydroxylation is 1. The van der Waals surface area contributed by atoms with E-state index in [1.54, 1.807) is 0 Å². The Bertz CT molecular complexity index is 1900. The summed E-state index contributed by atoms with van der Waals surface area (Å²) in [4.78, 5) is 0. The highest BCUT2D eigenvalue weighted by molar-refractivity contribution is 7.88. The molecule has 13 heteroatoms. The van der Waals surface area contributed by atoms with Gasteiger partial charge in [-0.05, 0) is 135 Å². The Morgan fingerprint density at radius 3 is 1.57 bits per heavy atom. The summed E-state index contributed by atoms with van der Waals surface area (Å²) in [6, 6.07) is 6.16. The van der Waals surface area contributed by atoms with E-state index in [0.29, 0.717) is 11.1 Å². The molecule has 2 aromatic rings. The summed E-state index contributed by atoms with van der Waals surface area (Å²) in [6.07, 6.45) is 13.8. The van der Waals surface area contributed by atoms with Crippen LogP contribution in [0.2, 0.25) is 39.3 Å². The molecule has 0 radical (unpaired) electrons. The van der Waals surface area contributed by atoms with Crippen molar-refractivity contribution in [1.82, 2.24) is 0 Å². The standard InChI is InChI=1S/C23H35F3O5SSi2.C22H32O2/c1-15(2)18-11-10-16(3)12-19(18)22-20(30-33(4,5)6)13-17(14-21(22)31-34(7,8)9)29-32(27,28)23(24,25)26;1-5-6-7-8-9-17-13-20(23)22(21(24)14-17)19-12-16(4)10-11-18(19)15(2)3/h12-14,18-19H,1,10-11H2,2-9H3;12-14,18-19,23-24H,2,5-11H2,1,3-4H3/t2*18-,19+/m11/s1. The lowest BCUT2D eigenvalue weighted by atomic mass is 9.73. The normalized spacial score (nSPS) is 20.2. The predicted molar refractivity (Wildman–Crippen MR) is 236 cm³/mol. The third-order valence-electron chi connectivity index (χ3n) is 10.3. The van der Waals surface area contributed by atoms with Gasteiger partial charge in [-0.1, -0.05) is 73.8 Å². The molecule has 7 nitrogen and oxygen atoms in total. The molecule has 324 valence electrons. The lowest BCUT2D eigenvalue weighted by Gasteiger charge is -2.35. The van der Waals surface area contributed by atoms with Crippen LogP contribution in [-0.4, -0.2) is 40.8 Å². The first-order chi connectivity index (χ1) is 26.6. The molecule has 4 rings (SSSR count). The van der Waals surface area contributed by atoms with Gasteiger partial charge in [-0.3, -0.25) is 0 Å². The second-order valence-corrected chi connectivity index (χ2v) is 28.6. The van der Waals surface area contributed by atoms with Gasteiger partial charge in [-0.15, -0.1) is 0 Å². The van der Waals surface area contributed by atoms with Crippen molar-refractivity contribution in [1.29, 1.82) is 0 Å². The van der Waals surface area contributed by atoms with Crippen molar-refractivity contribution >= 4 is 26.8 Å². The SMILES string of the molecule is C=C(C)[C@H]1CCC(C)=C[C@@H]1c1c(O)cc(CCCCCC)cc1O.C=C(C)[C@H]1CCC(C)=C[C@@H]1c1c(O[Si](C)(C)C)cc(OS(=O)(=O)C(F)(F)F)cc1O[Si](C)(C)C. The van der Waals surface area contributed by atoms with Crippen LogP contribution in [0.5, 0.6) is 28.7 Å². The van der Waals surface area contributed by atoms with Crippen molar-refractivity contribution in [2.24, 2.45) is 11.8 Å². The molecular formula is C45H67F3O7SSi2. The van der Waals surface area contributed by atoms with Gasteiger partial charge in [0.25, 0.3) is 0 Å². The zero-order chi connectivity index (χ0) is 44.0. The molecule has 0 saturated heterocycles. The number of halogens is 3. The average Bonchev–Trinajstić information content (AvgIpc) is 3.04. The summed E-state index contributed by atoms with van der Waals surface area (Å²) < 4.78 is 79.7. The molecule has 2 aliphatic rings. The molecule has 2 aliphatic carbocycles. The topological polar surface area (TPSA) is 102 Å². The minimum atomic E-state index is -5.86. The highest BCUT2D eigenvalue weighted by atomic mass is 32.2. The Morgan fingerprint density at radius 2 is 1.19 bits per heavy atom. The maximum Gasteiger partial charge on any atom is 0.534 e. The van der Waals surface area contributed by atoms with E-state index < -0.39 is 38.0 Å². The van der Waals surface area contributed by atoms with Crippen molar-refractivity contribution in [3.63, 3.8) is 0 Å². The predicted octanol–water partition coefficient (Wildman–Crippen LogP) is 13.6. The van der Waals surface area contributed by atoms with Crippen LogP contribution in [-0.2, 0) is 16.5 Å². The number of aromatic hydroxyl groups is 2. The summed E-state index contributed by atoms with van der Waals surface area (Å²) in [6.45, 7) is 30.3. The largest absolute Gasteiger partial charge is 0.544 e. The maximum atomic E-state index is 13.0. The Labute approximate surface area is 348 Å². The molecule has 0 spiro atoms. The smallest absolute Gasteiger partial charge is 0.534 e. The highest BCUT2D eigenvalue weighted by Crippen LogP contribution is 2.50. The van der Waals surface area contributed by atoms with Crippen molar-refractivity contribution in [3.05, 3.63) is 88.6 Å². The number of benzene rings is 2. The lowest BCUT2D eigenvalue weighted by Crippen LogP contribution is -2.33. The Kier molecular flexibility index (Phi) is 16.7. The zero-order valence-electron chi connectivity index (χ0n) is 36.5. The summed E-state index contributed by atoms with van der Waals surface area (Å²) >= 11 is 0. The second-order valence-electron chi connectivity index (χ2n) is 18.2.